The fourth-order valence-corrected chi connectivity index (χ4v) is 5.05. The Bertz CT molecular complexity index is 1020. The molecule has 0 spiro atoms. The molecule has 1 saturated heterocycles. The number of aliphatic hydroxyl groups is 1. The number of pyridine rings is 1. The van der Waals surface area contributed by atoms with Crippen molar-refractivity contribution in [1.82, 2.24) is 4.98 Å². The van der Waals surface area contributed by atoms with Gasteiger partial charge in [0.05, 0.1) is 17.3 Å². The number of nitriles is 1. The monoisotopic (exact) mass is 402 g/mol. The number of allylic oxidation sites excluding steroid dienone is 1. The molecule has 2 aliphatic rings. The molecule has 1 N–H and O–H groups in total. The van der Waals surface area contributed by atoms with Gasteiger partial charge in [0.25, 0.3) is 0 Å². The molecule has 0 radical (unpaired) electrons. The molecule has 6 atom stereocenters. The number of esters is 1. The Morgan fingerprint density at radius 1 is 1.23 bits per heavy atom. The van der Waals surface area contributed by atoms with Crippen LogP contribution in [0.2, 0.25) is 0 Å². The van der Waals surface area contributed by atoms with Gasteiger partial charge in [-0.15, -0.1) is 0 Å². The summed E-state index contributed by atoms with van der Waals surface area (Å²) in [7, 11) is 0. The van der Waals surface area contributed by atoms with E-state index in [1.807, 2.05) is 43.3 Å². The predicted octanol–water partition coefficient (Wildman–Crippen LogP) is 4.22. The van der Waals surface area contributed by atoms with Crippen LogP contribution in [0.5, 0.6) is 0 Å². The van der Waals surface area contributed by atoms with E-state index < -0.39 is 11.6 Å². The summed E-state index contributed by atoms with van der Waals surface area (Å²) in [6.07, 6.45) is 5.97. The molecule has 5 heteroatoms. The smallest absolute Gasteiger partial charge is 0.338 e. The molecule has 2 aromatic rings. The summed E-state index contributed by atoms with van der Waals surface area (Å²) < 4.78 is 5.41. The lowest BCUT2D eigenvalue weighted by atomic mass is 9.60. The molecule has 1 aliphatic heterocycles. The van der Waals surface area contributed by atoms with Crippen LogP contribution in [0.1, 0.15) is 38.4 Å². The summed E-state index contributed by atoms with van der Waals surface area (Å²) in [5.74, 6) is -0.188. The van der Waals surface area contributed by atoms with Gasteiger partial charge in [-0.3, -0.25) is 4.98 Å². The van der Waals surface area contributed by atoms with E-state index in [0.29, 0.717) is 17.9 Å². The molecular formula is C25H26N2O3. The number of fused-ring (bicyclic) bond motifs is 1. The first-order chi connectivity index (χ1) is 14.3. The first-order valence-electron chi connectivity index (χ1n) is 10.4. The van der Waals surface area contributed by atoms with Crippen molar-refractivity contribution >= 4 is 12.0 Å². The molecule has 0 amide bonds. The van der Waals surface area contributed by atoms with Crippen molar-refractivity contribution in [3.63, 3.8) is 0 Å². The van der Waals surface area contributed by atoms with E-state index in [9.17, 15) is 9.90 Å². The van der Waals surface area contributed by atoms with Crippen LogP contribution in [0, 0.1) is 35.0 Å². The highest BCUT2D eigenvalue weighted by atomic mass is 16.6. The lowest BCUT2D eigenvalue weighted by Crippen LogP contribution is -2.52. The van der Waals surface area contributed by atoms with E-state index in [1.165, 1.54) is 0 Å². The van der Waals surface area contributed by atoms with Gasteiger partial charge in [0.2, 0.25) is 0 Å². The first kappa shape index (κ1) is 20.3. The maximum atomic E-state index is 12.3. The average molecular weight is 402 g/mol. The third-order valence-corrected chi connectivity index (χ3v) is 6.86. The standard InChI is InChI=1S/C25H26N2O3/c1-15-12-25(29)23(17(3)30-24(25)28)22(16(15)2)10-9-21-8-7-20(14-27-21)19-6-4-5-18(11-19)13-26/h4-11,14-17,22-23,29H,12H2,1-3H3/t15-,16+,17+,22-,23-,25-/m0/s1. The van der Waals surface area contributed by atoms with Crippen LogP contribution in [0.15, 0.2) is 48.7 Å². The molecule has 0 unspecified atom stereocenters. The van der Waals surface area contributed by atoms with Gasteiger partial charge in [-0.05, 0) is 60.9 Å². The molecule has 0 bridgehead atoms. The SMILES string of the molecule is C[C@H]1[C@H](C=Cc2ccc(-c3cccc(C#N)c3)cn2)[C@@H]2[C@@H](C)OC(=O)[C@]2(O)C[C@@H]1C. The van der Waals surface area contributed by atoms with E-state index in [4.69, 9.17) is 10.00 Å². The van der Waals surface area contributed by atoms with E-state index >= 15 is 0 Å². The van der Waals surface area contributed by atoms with Gasteiger partial charge in [-0.2, -0.15) is 5.26 Å². The van der Waals surface area contributed by atoms with Crippen LogP contribution in [0.25, 0.3) is 17.2 Å². The van der Waals surface area contributed by atoms with Crippen LogP contribution >= 0.6 is 0 Å². The van der Waals surface area contributed by atoms with Gasteiger partial charge in [0, 0.05) is 17.7 Å². The summed E-state index contributed by atoms with van der Waals surface area (Å²) in [6.45, 7) is 6.12. The first-order valence-corrected chi connectivity index (χ1v) is 10.4. The van der Waals surface area contributed by atoms with E-state index in [1.54, 1.807) is 12.3 Å². The highest BCUT2D eigenvalue weighted by Gasteiger charge is 2.61. The Kier molecular flexibility index (Phi) is 5.21. The Hall–Kier alpha value is -2.97. The lowest BCUT2D eigenvalue weighted by Gasteiger charge is -2.44. The lowest BCUT2D eigenvalue weighted by molar-refractivity contribution is -0.160. The Labute approximate surface area is 177 Å². The second-order valence-electron chi connectivity index (χ2n) is 8.70. The highest BCUT2D eigenvalue weighted by Crippen LogP contribution is 2.51. The minimum atomic E-state index is -1.40. The second kappa shape index (κ2) is 7.70. The summed E-state index contributed by atoms with van der Waals surface area (Å²) in [6, 6.07) is 13.5. The fraction of sp³-hybridized carbons (Fsp3) is 0.400. The van der Waals surface area contributed by atoms with Crippen LogP contribution in [0.4, 0.5) is 0 Å². The number of cyclic esters (lactones) is 1. The van der Waals surface area contributed by atoms with Crippen molar-refractivity contribution in [2.45, 2.75) is 38.9 Å². The van der Waals surface area contributed by atoms with Crippen molar-refractivity contribution in [3.8, 4) is 17.2 Å². The third-order valence-electron chi connectivity index (χ3n) is 6.86. The molecule has 30 heavy (non-hydrogen) atoms. The predicted molar refractivity (Wildman–Crippen MR) is 114 cm³/mol. The molecule has 1 aromatic heterocycles. The topological polar surface area (TPSA) is 83.2 Å². The molecule has 1 aliphatic carbocycles. The second-order valence-corrected chi connectivity index (χ2v) is 8.70. The van der Waals surface area contributed by atoms with Gasteiger partial charge in [0.1, 0.15) is 6.10 Å². The van der Waals surface area contributed by atoms with Crippen molar-refractivity contribution in [3.05, 3.63) is 59.9 Å². The minimum Gasteiger partial charge on any atom is -0.460 e. The Balaban J connectivity index is 1.58. The summed E-state index contributed by atoms with van der Waals surface area (Å²) in [5, 5.41) is 20.1. The number of hydrogen-bond donors (Lipinski definition) is 1. The Morgan fingerprint density at radius 3 is 2.73 bits per heavy atom. The largest absolute Gasteiger partial charge is 0.460 e. The normalized spacial score (nSPS) is 33.2. The zero-order valence-electron chi connectivity index (χ0n) is 17.4. The van der Waals surface area contributed by atoms with Crippen molar-refractivity contribution < 1.29 is 14.6 Å². The van der Waals surface area contributed by atoms with E-state index in [2.05, 4.69) is 31.0 Å². The van der Waals surface area contributed by atoms with Crippen LogP contribution < -0.4 is 0 Å². The molecule has 2 fully saturated rings. The Morgan fingerprint density at radius 2 is 2.03 bits per heavy atom. The summed E-state index contributed by atoms with van der Waals surface area (Å²) in [4.78, 5) is 16.8. The zero-order valence-corrected chi connectivity index (χ0v) is 17.4. The average Bonchev–Trinajstić information content (AvgIpc) is 2.97. The number of carbonyl (C=O) groups is 1. The van der Waals surface area contributed by atoms with Crippen LogP contribution in [-0.4, -0.2) is 27.8 Å². The maximum absolute atomic E-state index is 12.3. The van der Waals surface area contributed by atoms with Gasteiger partial charge >= 0.3 is 5.97 Å². The van der Waals surface area contributed by atoms with Crippen LogP contribution in [-0.2, 0) is 9.53 Å². The molecular weight excluding hydrogens is 376 g/mol. The van der Waals surface area contributed by atoms with Gasteiger partial charge in [0.15, 0.2) is 5.60 Å². The van der Waals surface area contributed by atoms with E-state index in [-0.39, 0.29) is 23.9 Å². The highest BCUT2D eigenvalue weighted by molar-refractivity contribution is 5.82. The summed E-state index contributed by atoms with van der Waals surface area (Å²) >= 11 is 0. The number of aromatic nitrogens is 1. The number of nitrogens with zero attached hydrogens (tertiary/aromatic N) is 2. The fourth-order valence-electron chi connectivity index (χ4n) is 5.05. The van der Waals surface area contributed by atoms with Gasteiger partial charge < -0.3 is 9.84 Å². The molecule has 154 valence electrons. The van der Waals surface area contributed by atoms with Crippen molar-refractivity contribution in [1.29, 1.82) is 5.26 Å². The number of rotatable bonds is 3. The zero-order chi connectivity index (χ0) is 21.5. The number of carbonyl (C=O) groups excluding carboxylic acids is 1. The maximum Gasteiger partial charge on any atom is 0.338 e. The third kappa shape index (κ3) is 3.42. The van der Waals surface area contributed by atoms with Crippen LogP contribution in [0.3, 0.4) is 0 Å². The number of benzene rings is 1. The number of hydrogen-bond acceptors (Lipinski definition) is 5. The van der Waals surface area contributed by atoms with Gasteiger partial charge in [-0.1, -0.05) is 38.1 Å². The molecule has 4 rings (SSSR count). The molecule has 5 nitrogen and oxygen atoms in total. The minimum absolute atomic E-state index is 0.0222. The molecule has 2 heterocycles. The molecule has 1 saturated carbocycles. The van der Waals surface area contributed by atoms with E-state index in [0.717, 1.165) is 16.8 Å². The van der Waals surface area contributed by atoms with Crippen molar-refractivity contribution in [2.75, 3.05) is 0 Å². The van der Waals surface area contributed by atoms with Gasteiger partial charge in [-0.25, -0.2) is 4.79 Å². The van der Waals surface area contributed by atoms with Crippen molar-refractivity contribution in [2.24, 2.45) is 23.7 Å². The number of ether oxygens (including phenoxy) is 1. The quantitative estimate of drug-likeness (QED) is 0.777. The molecule has 1 aromatic carbocycles. The summed E-state index contributed by atoms with van der Waals surface area (Å²) in [5.41, 5.74) is 1.92.